The van der Waals surface area contributed by atoms with Crippen molar-refractivity contribution in [1.29, 1.82) is 0 Å². The van der Waals surface area contributed by atoms with E-state index in [9.17, 15) is 9.59 Å². The van der Waals surface area contributed by atoms with Gasteiger partial charge in [-0.2, -0.15) is 0 Å². The van der Waals surface area contributed by atoms with Gasteiger partial charge >= 0.3 is 5.97 Å². The Hall–Kier alpha value is -1.05. The molecule has 1 N–H and O–H groups in total. The van der Waals surface area contributed by atoms with Crippen molar-refractivity contribution in [3.05, 3.63) is 28.7 Å². The topological polar surface area (TPSA) is 58.6 Å². The van der Waals surface area contributed by atoms with E-state index in [0.29, 0.717) is 13.0 Å². The van der Waals surface area contributed by atoms with E-state index in [1.54, 1.807) is 4.90 Å². The van der Waals surface area contributed by atoms with Crippen LogP contribution in [0.2, 0.25) is 0 Å². The predicted octanol–water partition coefficient (Wildman–Crippen LogP) is 2.21. The SMILES string of the molecule is COC(=O)C1CCCN1C(=O)CNSc1ccc(Br)cc1. The molecule has 1 saturated heterocycles. The van der Waals surface area contributed by atoms with E-state index in [4.69, 9.17) is 4.74 Å². The molecule has 5 nitrogen and oxygen atoms in total. The molecule has 1 aromatic carbocycles. The summed E-state index contributed by atoms with van der Waals surface area (Å²) in [6, 6.07) is 7.37. The Morgan fingerprint density at radius 2 is 2.14 bits per heavy atom. The van der Waals surface area contributed by atoms with Gasteiger partial charge in [0, 0.05) is 15.9 Å². The quantitative estimate of drug-likeness (QED) is 0.634. The number of likely N-dealkylation sites (tertiary alicyclic amines) is 1. The van der Waals surface area contributed by atoms with Crippen LogP contribution in [0, 0.1) is 0 Å². The summed E-state index contributed by atoms with van der Waals surface area (Å²) in [5.41, 5.74) is 0. The summed E-state index contributed by atoms with van der Waals surface area (Å²) in [6.45, 7) is 0.803. The molecular formula is C14H17BrN2O3S. The Morgan fingerprint density at radius 3 is 2.81 bits per heavy atom. The fourth-order valence-corrected chi connectivity index (χ4v) is 3.13. The number of carbonyl (C=O) groups excluding carboxylic acids is 2. The number of ether oxygens (including phenoxy) is 1. The molecule has 1 heterocycles. The van der Waals surface area contributed by atoms with Crippen LogP contribution in [0.3, 0.4) is 0 Å². The molecule has 0 spiro atoms. The largest absolute Gasteiger partial charge is 0.467 e. The summed E-state index contributed by atoms with van der Waals surface area (Å²) >= 11 is 4.77. The van der Waals surface area contributed by atoms with Crippen LogP contribution in [0.4, 0.5) is 0 Å². The third-order valence-electron chi connectivity index (χ3n) is 3.27. The smallest absolute Gasteiger partial charge is 0.328 e. The number of nitrogens with zero attached hydrogens (tertiary/aromatic N) is 1. The standard InChI is InChI=1S/C14H17BrN2O3S/c1-20-14(19)12-3-2-8-17(12)13(18)9-16-21-11-6-4-10(15)5-7-11/h4-7,12,16H,2-3,8-9H2,1H3. The molecule has 2 rings (SSSR count). The lowest BCUT2D eigenvalue weighted by Crippen LogP contribution is -2.44. The van der Waals surface area contributed by atoms with Crippen molar-refractivity contribution in [3.63, 3.8) is 0 Å². The minimum absolute atomic E-state index is 0.0764. The lowest BCUT2D eigenvalue weighted by molar-refractivity contribution is -0.150. The molecule has 1 aliphatic heterocycles. The summed E-state index contributed by atoms with van der Waals surface area (Å²) in [6.07, 6.45) is 1.52. The zero-order valence-electron chi connectivity index (χ0n) is 11.7. The molecule has 0 radical (unpaired) electrons. The van der Waals surface area contributed by atoms with Gasteiger partial charge in [-0.25, -0.2) is 4.79 Å². The number of amides is 1. The van der Waals surface area contributed by atoms with E-state index in [1.807, 2.05) is 24.3 Å². The van der Waals surface area contributed by atoms with Crippen LogP contribution in [0.15, 0.2) is 33.6 Å². The van der Waals surface area contributed by atoms with Gasteiger partial charge < -0.3 is 9.64 Å². The van der Waals surface area contributed by atoms with E-state index in [1.165, 1.54) is 19.1 Å². The molecule has 0 aliphatic carbocycles. The first kappa shape index (κ1) is 16.3. The van der Waals surface area contributed by atoms with Gasteiger partial charge in [0.2, 0.25) is 5.91 Å². The van der Waals surface area contributed by atoms with Crippen LogP contribution in [0.25, 0.3) is 0 Å². The molecule has 1 aromatic rings. The second kappa shape index (κ2) is 7.82. The van der Waals surface area contributed by atoms with Crippen molar-refractivity contribution in [1.82, 2.24) is 9.62 Å². The number of esters is 1. The summed E-state index contributed by atoms with van der Waals surface area (Å²) in [7, 11) is 1.35. The molecule has 7 heteroatoms. The van der Waals surface area contributed by atoms with Gasteiger partial charge in [0.15, 0.2) is 0 Å². The molecule has 1 unspecified atom stereocenters. The monoisotopic (exact) mass is 372 g/mol. The van der Waals surface area contributed by atoms with E-state index >= 15 is 0 Å². The number of rotatable bonds is 5. The first-order valence-electron chi connectivity index (χ1n) is 6.64. The molecule has 21 heavy (non-hydrogen) atoms. The lowest BCUT2D eigenvalue weighted by atomic mass is 10.2. The number of methoxy groups -OCH3 is 1. The predicted molar refractivity (Wildman–Crippen MR) is 84.8 cm³/mol. The van der Waals surface area contributed by atoms with Crippen molar-refractivity contribution in [3.8, 4) is 0 Å². The van der Waals surface area contributed by atoms with Crippen LogP contribution in [0.1, 0.15) is 12.8 Å². The Kier molecular flexibility index (Phi) is 6.08. The number of benzene rings is 1. The second-order valence-corrected chi connectivity index (χ2v) is 6.53. The summed E-state index contributed by atoms with van der Waals surface area (Å²) in [5, 5.41) is 0. The Balaban J connectivity index is 1.81. The average Bonchev–Trinajstić information content (AvgIpc) is 2.98. The number of hydrogen-bond donors (Lipinski definition) is 1. The minimum atomic E-state index is -0.429. The summed E-state index contributed by atoms with van der Waals surface area (Å²) in [4.78, 5) is 26.4. The van der Waals surface area contributed by atoms with Gasteiger partial charge in [-0.15, -0.1) is 0 Å². The Bertz CT molecular complexity index is 509. The molecule has 0 saturated carbocycles. The maximum atomic E-state index is 12.2. The minimum Gasteiger partial charge on any atom is -0.467 e. The zero-order valence-corrected chi connectivity index (χ0v) is 14.1. The zero-order chi connectivity index (χ0) is 15.2. The maximum Gasteiger partial charge on any atom is 0.328 e. The number of carbonyl (C=O) groups is 2. The van der Waals surface area contributed by atoms with Gasteiger partial charge in [0.1, 0.15) is 6.04 Å². The van der Waals surface area contributed by atoms with Gasteiger partial charge in [-0.3, -0.25) is 9.52 Å². The fraction of sp³-hybridized carbons (Fsp3) is 0.429. The first-order valence-corrected chi connectivity index (χ1v) is 8.25. The van der Waals surface area contributed by atoms with Gasteiger partial charge in [-0.05, 0) is 49.1 Å². The lowest BCUT2D eigenvalue weighted by Gasteiger charge is -2.22. The first-order chi connectivity index (χ1) is 10.1. The third-order valence-corrected chi connectivity index (χ3v) is 4.60. The van der Waals surface area contributed by atoms with Crippen LogP contribution >= 0.6 is 27.9 Å². The van der Waals surface area contributed by atoms with Gasteiger partial charge in [0.05, 0.1) is 13.7 Å². The van der Waals surface area contributed by atoms with Gasteiger partial charge in [0.25, 0.3) is 0 Å². The Labute approximate surface area is 136 Å². The number of nitrogens with one attached hydrogen (secondary N) is 1. The molecule has 114 valence electrons. The molecule has 0 bridgehead atoms. The summed E-state index contributed by atoms with van der Waals surface area (Å²) < 4.78 is 8.78. The van der Waals surface area contributed by atoms with Crippen molar-refractivity contribution >= 4 is 39.8 Å². The van der Waals surface area contributed by atoms with E-state index in [-0.39, 0.29) is 18.4 Å². The highest BCUT2D eigenvalue weighted by Gasteiger charge is 2.34. The highest BCUT2D eigenvalue weighted by molar-refractivity contribution is 9.10. The highest BCUT2D eigenvalue weighted by Crippen LogP contribution is 2.20. The molecule has 1 aliphatic rings. The van der Waals surface area contributed by atoms with E-state index in [2.05, 4.69) is 20.7 Å². The second-order valence-electron chi connectivity index (χ2n) is 4.65. The van der Waals surface area contributed by atoms with E-state index in [0.717, 1.165) is 15.8 Å². The van der Waals surface area contributed by atoms with Crippen molar-refractivity contribution in [2.45, 2.75) is 23.8 Å². The molecule has 1 atom stereocenters. The van der Waals surface area contributed by atoms with Gasteiger partial charge in [-0.1, -0.05) is 15.9 Å². The van der Waals surface area contributed by atoms with Crippen LogP contribution in [0.5, 0.6) is 0 Å². The normalized spacial score (nSPS) is 17.8. The number of hydrogen-bond acceptors (Lipinski definition) is 5. The van der Waals surface area contributed by atoms with Crippen LogP contribution in [-0.4, -0.2) is 43.0 Å². The van der Waals surface area contributed by atoms with Crippen molar-refractivity contribution < 1.29 is 14.3 Å². The molecule has 0 aromatic heterocycles. The van der Waals surface area contributed by atoms with E-state index < -0.39 is 6.04 Å². The van der Waals surface area contributed by atoms with Crippen LogP contribution in [-0.2, 0) is 14.3 Å². The van der Waals surface area contributed by atoms with Crippen LogP contribution < -0.4 is 4.72 Å². The maximum absolute atomic E-state index is 12.2. The number of halogens is 1. The average molecular weight is 373 g/mol. The highest BCUT2D eigenvalue weighted by atomic mass is 79.9. The third kappa shape index (κ3) is 4.46. The Morgan fingerprint density at radius 1 is 1.43 bits per heavy atom. The van der Waals surface area contributed by atoms with Crippen molar-refractivity contribution in [2.24, 2.45) is 0 Å². The molecule has 1 amide bonds. The fourth-order valence-electron chi connectivity index (χ4n) is 2.23. The van der Waals surface area contributed by atoms with Crippen molar-refractivity contribution in [2.75, 3.05) is 20.2 Å². The molecular weight excluding hydrogens is 356 g/mol. The molecule has 1 fully saturated rings. The summed E-state index contributed by atoms with van der Waals surface area (Å²) in [5.74, 6) is -0.408.